The first-order valence-electron chi connectivity index (χ1n) is 10.7. The summed E-state index contributed by atoms with van der Waals surface area (Å²) in [5.41, 5.74) is 13.1. The largest absolute Gasteiger partial charge is 0.325 e. The van der Waals surface area contributed by atoms with Crippen LogP contribution < -0.4 is 16.6 Å². The maximum absolute atomic E-state index is 13.0. The molecule has 1 aromatic carbocycles. The van der Waals surface area contributed by atoms with Gasteiger partial charge in [0.2, 0.25) is 5.91 Å². The number of nitrogens with one attached hydrogen (secondary N) is 2. The lowest BCUT2D eigenvalue weighted by Gasteiger charge is -2.50. The van der Waals surface area contributed by atoms with Crippen LogP contribution in [-0.4, -0.2) is 33.8 Å². The molecule has 6 rings (SSSR count). The van der Waals surface area contributed by atoms with Crippen LogP contribution in [0.25, 0.3) is 11.2 Å². The van der Waals surface area contributed by atoms with Gasteiger partial charge in [-0.1, -0.05) is 17.7 Å². The summed E-state index contributed by atoms with van der Waals surface area (Å²) in [6.45, 7) is 1.90. The fourth-order valence-electron chi connectivity index (χ4n) is 4.77. The van der Waals surface area contributed by atoms with Gasteiger partial charge in [-0.3, -0.25) is 15.6 Å². The van der Waals surface area contributed by atoms with Gasteiger partial charge in [-0.05, 0) is 63.6 Å². The molecule has 0 aliphatic heterocycles. The van der Waals surface area contributed by atoms with Gasteiger partial charge >= 0.3 is 0 Å². The maximum Gasteiger partial charge on any atom is 0.269 e. The Morgan fingerprint density at radius 1 is 1.06 bits per heavy atom. The highest BCUT2D eigenvalue weighted by Crippen LogP contribution is 2.51. The molecule has 3 aliphatic rings. The number of amides is 1. The van der Waals surface area contributed by atoms with E-state index in [1.54, 1.807) is 30.3 Å². The summed E-state index contributed by atoms with van der Waals surface area (Å²) in [4.78, 5) is 21.8. The van der Waals surface area contributed by atoms with E-state index in [-0.39, 0.29) is 27.4 Å². The molecule has 1 amide bonds. The van der Waals surface area contributed by atoms with Crippen LogP contribution in [0.4, 0.5) is 5.82 Å². The normalized spacial score (nSPS) is 25.1. The SMILES string of the molecule is Cc1ccc(S(=O)(=O)n2ccc3nc(NNC(=O)C45CCC(N)(CC4)CC5)cnc32)cc1. The Morgan fingerprint density at radius 3 is 2.38 bits per heavy atom. The van der Waals surface area contributed by atoms with E-state index in [1.165, 1.54) is 12.4 Å². The Balaban J connectivity index is 1.33. The number of nitrogens with zero attached hydrogens (tertiary/aromatic N) is 3. The second kappa shape index (κ2) is 7.28. The van der Waals surface area contributed by atoms with Crippen molar-refractivity contribution in [2.75, 3.05) is 5.43 Å². The zero-order valence-corrected chi connectivity index (χ0v) is 18.7. The van der Waals surface area contributed by atoms with Crippen molar-refractivity contribution in [1.29, 1.82) is 0 Å². The first kappa shape index (κ1) is 20.9. The second-order valence-corrected chi connectivity index (χ2v) is 10.9. The molecule has 2 bridgehead atoms. The van der Waals surface area contributed by atoms with Crippen molar-refractivity contribution in [1.82, 2.24) is 19.4 Å². The van der Waals surface area contributed by atoms with Crippen LogP contribution in [-0.2, 0) is 14.8 Å². The summed E-state index contributed by atoms with van der Waals surface area (Å²) >= 11 is 0. The molecule has 10 heteroatoms. The van der Waals surface area contributed by atoms with Crippen LogP contribution in [0.2, 0.25) is 0 Å². The average molecular weight is 455 g/mol. The summed E-state index contributed by atoms with van der Waals surface area (Å²) < 4.78 is 27.1. The summed E-state index contributed by atoms with van der Waals surface area (Å²) in [5, 5.41) is 0. The summed E-state index contributed by atoms with van der Waals surface area (Å²) in [6.07, 6.45) is 7.84. The third-order valence-electron chi connectivity index (χ3n) is 7.02. The minimum Gasteiger partial charge on any atom is -0.325 e. The van der Waals surface area contributed by atoms with Crippen LogP contribution in [0.1, 0.15) is 44.1 Å². The summed E-state index contributed by atoms with van der Waals surface area (Å²) in [5.74, 6) is 0.285. The summed E-state index contributed by atoms with van der Waals surface area (Å²) in [6, 6.07) is 8.23. The molecule has 0 spiro atoms. The van der Waals surface area contributed by atoms with Gasteiger partial charge in [-0.15, -0.1) is 0 Å². The van der Waals surface area contributed by atoms with E-state index in [2.05, 4.69) is 20.8 Å². The van der Waals surface area contributed by atoms with E-state index < -0.39 is 10.0 Å². The Labute approximate surface area is 186 Å². The lowest BCUT2D eigenvalue weighted by atomic mass is 9.57. The van der Waals surface area contributed by atoms with Gasteiger partial charge in [-0.2, -0.15) is 0 Å². The number of carbonyl (C=O) groups is 1. The minimum absolute atomic E-state index is 0.0549. The predicted octanol–water partition coefficient (Wildman–Crippen LogP) is 2.47. The van der Waals surface area contributed by atoms with Crippen molar-refractivity contribution < 1.29 is 13.2 Å². The smallest absolute Gasteiger partial charge is 0.269 e. The summed E-state index contributed by atoms with van der Waals surface area (Å²) in [7, 11) is -3.79. The van der Waals surface area contributed by atoms with E-state index in [0.29, 0.717) is 11.3 Å². The highest BCUT2D eigenvalue weighted by molar-refractivity contribution is 7.90. The number of hydrogen-bond acceptors (Lipinski definition) is 7. The molecule has 168 valence electrons. The standard InChI is InChI=1S/C22H26N6O3S/c1-15-2-4-16(5-3-15)32(30,31)28-13-6-17-19(28)24-14-18(25-17)26-27-20(29)21-7-10-22(23,11-8-21)12-9-21/h2-6,13-14H,7-12,23H2,1H3,(H,25,26)(H,27,29). The van der Waals surface area contributed by atoms with Crippen molar-refractivity contribution >= 4 is 32.9 Å². The second-order valence-electron chi connectivity index (χ2n) is 9.12. The number of hydrogen-bond donors (Lipinski definition) is 3. The predicted molar refractivity (Wildman–Crippen MR) is 120 cm³/mol. The highest BCUT2D eigenvalue weighted by atomic mass is 32.2. The molecular formula is C22H26N6O3S. The molecule has 4 N–H and O–H groups in total. The van der Waals surface area contributed by atoms with E-state index >= 15 is 0 Å². The van der Waals surface area contributed by atoms with Crippen LogP contribution >= 0.6 is 0 Å². The fourth-order valence-corrected chi connectivity index (χ4v) is 6.07. The van der Waals surface area contributed by atoms with Gasteiger partial charge in [0.25, 0.3) is 10.0 Å². The molecule has 0 unspecified atom stereocenters. The lowest BCUT2D eigenvalue weighted by molar-refractivity contribution is -0.137. The van der Waals surface area contributed by atoms with Crippen LogP contribution in [0.15, 0.2) is 47.6 Å². The van der Waals surface area contributed by atoms with Crippen LogP contribution in [0.3, 0.4) is 0 Å². The first-order chi connectivity index (χ1) is 15.2. The molecule has 2 aromatic heterocycles. The zero-order chi connectivity index (χ0) is 22.6. The minimum atomic E-state index is -3.79. The Kier molecular flexibility index (Phi) is 4.75. The van der Waals surface area contributed by atoms with Gasteiger partial charge < -0.3 is 5.73 Å². The lowest BCUT2D eigenvalue weighted by Crippen LogP contribution is -2.57. The molecule has 32 heavy (non-hydrogen) atoms. The average Bonchev–Trinajstić information content (AvgIpc) is 3.23. The molecule has 3 aromatic rings. The molecule has 0 saturated heterocycles. The van der Waals surface area contributed by atoms with Gasteiger partial charge in [0, 0.05) is 11.7 Å². The number of nitrogens with two attached hydrogens (primary N) is 1. The van der Waals surface area contributed by atoms with Crippen LogP contribution in [0, 0.1) is 12.3 Å². The number of carbonyl (C=O) groups excluding carboxylic acids is 1. The number of anilines is 1. The van der Waals surface area contributed by atoms with Crippen molar-refractivity contribution in [3.8, 4) is 0 Å². The Bertz CT molecular complexity index is 1270. The van der Waals surface area contributed by atoms with Crippen molar-refractivity contribution in [3.63, 3.8) is 0 Å². The molecule has 3 fully saturated rings. The highest BCUT2D eigenvalue weighted by Gasteiger charge is 2.50. The van der Waals surface area contributed by atoms with Gasteiger partial charge in [0.15, 0.2) is 11.5 Å². The van der Waals surface area contributed by atoms with Gasteiger partial charge in [-0.25, -0.2) is 22.4 Å². The molecular weight excluding hydrogens is 428 g/mol. The third-order valence-corrected chi connectivity index (χ3v) is 8.70. The number of hydrazine groups is 1. The van der Waals surface area contributed by atoms with Gasteiger partial charge in [0.1, 0.15) is 5.52 Å². The quantitative estimate of drug-likeness (QED) is 0.505. The first-order valence-corrected chi connectivity index (χ1v) is 12.2. The number of aromatic nitrogens is 3. The number of benzene rings is 1. The van der Waals surface area contributed by atoms with E-state index in [0.717, 1.165) is 48.1 Å². The van der Waals surface area contributed by atoms with Gasteiger partial charge in [0.05, 0.1) is 16.5 Å². The zero-order valence-electron chi connectivity index (χ0n) is 17.8. The monoisotopic (exact) mass is 454 g/mol. The Morgan fingerprint density at radius 2 is 1.72 bits per heavy atom. The van der Waals surface area contributed by atoms with E-state index in [9.17, 15) is 13.2 Å². The van der Waals surface area contributed by atoms with E-state index in [4.69, 9.17) is 5.73 Å². The molecule has 2 heterocycles. The maximum atomic E-state index is 13.0. The van der Waals surface area contributed by atoms with Crippen molar-refractivity contribution in [3.05, 3.63) is 48.3 Å². The molecule has 0 radical (unpaired) electrons. The number of aryl methyl sites for hydroxylation is 1. The van der Waals surface area contributed by atoms with Crippen molar-refractivity contribution in [2.24, 2.45) is 11.1 Å². The topological polar surface area (TPSA) is 132 Å². The molecule has 3 saturated carbocycles. The molecule has 0 atom stereocenters. The van der Waals surface area contributed by atoms with Crippen molar-refractivity contribution in [2.45, 2.75) is 55.9 Å². The van der Waals surface area contributed by atoms with Crippen LogP contribution in [0.5, 0.6) is 0 Å². The molecule has 3 aliphatic carbocycles. The fraction of sp³-hybridized carbons (Fsp3) is 0.409. The van der Waals surface area contributed by atoms with E-state index in [1.807, 2.05) is 6.92 Å². The third kappa shape index (κ3) is 3.43. The number of fused-ring (bicyclic) bond motifs is 4. The number of rotatable bonds is 5. The Hall–Kier alpha value is -2.98. The molecule has 9 nitrogen and oxygen atoms in total.